The van der Waals surface area contributed by atoms with E-state index in [9.17, 15) is 4.79 Å². The van der Waals surface area contributed by atoms with Gasteiger partial charge in [-0.05, 0) is 30.3 Å². The molecule has 0 fully saturated rings. The highest BCUT2D eigenvalue weighted by atomic mass is 16.4. The van der Waals surface area contributed by atoms with Crippen molar-refractivity contribution >= 4 is 39.9 Å². The van der Waals surface area contributed by atoms with Crippen LogP contribution in [0, 0.1) is 0 Å². The number of hydrogen-bond donors (Lipinski definition) is 4. The van der Waals surface area contributed by atoms with Crippen LogP contribution in [0.25, 0.3) is 33.4 Å². The molecule has 5 aromatic rings. The number of fused-ring (bicyclic) bond motifs is 3. The fourth-order valence-electron chi connectivity index (χ4n) is 2.96. The number of nitrogens with one attached hydrogen (secondary N) is 3. The molecule has 3 aromatic heterocycles. The zero-order chi connectivity index (χ0) is 18.4. The molecule has 0 aliphatic rings. The standard InChI is InChI=1S/C17H12N8O2/c18-17-24-23-16(27-17)8-2-1-3-9(6-8)19-7-10-13-11(20-15(10)26)4-5-12-14(13)22-25-21-12/h1-7,21,25H,(H2,18,24)(H,20,26). The Kier molecular flexibility index (Phi) is 3.16. The summed E-state index contributed by atoms with van der Waals surface area (Å²) in [4.78, 5) is 19.6. The molecule has 0 aliphatic carbocycles. The molecule has 0 atom stereocenters. The SMILES string of the molecule is Nc1nnc(-c2cccc(N=Cc3c(=O)[nH]c4ccc5[nH][nH]nc5c34)c2)o1. The average molecular weight is 360 g/mol. The maximum absolute atomic E-state index is 12.4. The van der Waals surface area contributed by atoms with Crippen molar-refractivity contribution in [2.24, 2.45) is 4.99 Å². The van der Waals surface area contributed by atoms with Gasteiger partial charge < -0.3 is 15.1 Å². The summed E-state index contributed by atoms with van der Waals surface area (Å²) in [6.45, 7) is 0. The van der Waals surface area contributed by atoms with E-state index >= 15 is 0 Å². The van der Waals surface area contributed by atoms with Gasteiger partial charge >= 0.3 is 6.01 Å². The normalized spacial score (nSPS) is 11.9. The van der Waals surface area contributed by atoms with Gasteiger partial charge in [0.25, 0.3) is 5.56 Å². The lowest BCUT2D eigenvalue weighted by Gasteiger charge is -1.97. The van der Waals surface area contributed by atoms with Gasteiger partial charge in [0.2, 0.25) is 5.89 Å². The van der Waals surface area contributed by atoms with Crippen molar-refractivity contribution in [2.75, 3.05) is 5.73 Å². The Balaban J connectivity index is 1.59. The predicted molar refractivity (Wildman–Crippen MR) is 100.0 cm³/mol. The molecular formula is C17H12N8O2. The fraction of sp³-hybridized carbons (Fsp3) is 0. The van der Waals surface area contributed by atoms with Gasteiger partial charge in [-0.1, -0.05) is 11.2 Å². The molecule has 5 rings (SSSR count). The van der Waals surface area contributed by atoms with Crippen molar-refractivity contribution in [3.8, 4) is 11.5 Å². The second-order valence-electron chi connectivity index (χ2n) is 5.85. The Bertz CT molecular complexity index is 1370. The van der Waals surface area contributed by atoms with Gasteiger partial charge in [-0.2, -0.15) is 5.10 Å². The smallest absolute Gasteiger partial charge is 0.313 e. The lowest BCUT2D eigenvalue weighted by atomic mass is 10.1. The summed E-state index contributed by atoms with van der Waals surface area (Å²) < 4.78 is 5.22. The van der Waals surface area contributed by atoms with Crippen LogP contribution < -0.4 is 11.3 Å². The highest BCUT2D eigenvalue weighted by molar-refractivity contribution is 6.11. The van der Waals surface area contributed by atoms with Gasteiger partial charge in [-0.25, -0.2) is 5.21 Å². The summed E-state index contributed by atoms with van der Waals surface area (Å²) in [6, 6.07) is 10.8. The first kappa shape index (κ1) is 15.1. The molecule has 5 N–H and O–H groups in total. The van der Waals surface area contributed by atoms with Crippen LogP contribution in [0.5, 0.6) is 0 Å². The zero-order valence-electron chi connectivity index (χ0n) is 13.7. The lowest BCUT2D eigenvalue weighted by molar-refractivity contribution is 0.590. The van der Waals surface area contributed by atoms with Gasteiger partial charge in [0, 0.05) is 17.2 Å². The molecule has 0 amide bonds. The van der Waals surface area contributed by atoms with Crippen LogP contribution in [0.15, 0.2) is 50.6 Å². The van der Waals surface area contributed by atoms with Crippen molar-refractivity contribution in [1.82, 2.24) is 30.6 Å². The molecule has 0 radical (unpaired) electrons. The minimum Gasteiger partial charge on any atom is -0.404 e. The summed E-state index contributed by atoms with van der Waals surface area (Å²) in [6.07, 6.45) is 1.52. The zero-order valence-corrected chi connectivity index (χ0v) is 13.7. The quantitative estimate of drug-likeness (QED) is 0.361. The number of aromatic nitrogens is 6. The number of nitrogen functional groups attached to an aromatic ring is 1. The van der Waals surface area contributed by atoms with Crippen LogP contribution in [0.2, 0.25) is 0 Å². The highest BCUT2D eigenvalue weighted by Gasteiger charge is 2.13. The van der Waals surface area contributed by atoms with Crippen molar-refractivity contribution in [3.05, 3.63) is 52.3 Å². The monoisotopic (exact) mass is 360 g/mol. The van der Waals surface area contributed by atoms with Crippen LogP contribution in [0.4, 0.5) is 11.7 Å². The van der Waals surface area contributed by atoms with E-state index in [4.69, 9.17) is 10.2 Å². The van der Waals surface area contributed by atoms with Crippen molar-refractivity contribution in [1.29, 1.82) is 0 Å². The van der Waals surface area contributed by atoms with E-state index in [1.165, 1.54) is 6.21 Å². The van der Waals surface area contributed by atoms with Crippen LogP contribution in [0.1, 0.15) is 5.56 Å². The summed E-state index contributed by atoms with van der Waals surface area (Å²) in [7, 11) is 0. The molecule has 10 nitrogen and oxygen atoms in total. The number of anilines is 1. The van der Waals surface area contributed by atoms with Crippen molar-refractivity contribution < 1.29 is 4.42 Å². The largest absolute Gasteiger partial charge is 0.404 e. The number of nitrogens with two attached hydrogens (primary N) is 1. The maximum atomic E-state index is 12.4. The second kappa shape index (κ2) is 5.66. The first-order valence-electron chi connectivity index (χ1n) is 8.00. The first-order chi connectivity index (χ1) is 13.2. The molecule has 10 heteroatoms. The molecule has 0 saturated heterocycles. The number of aromatic amines is 3. The maximum Gasteiger partial charge on any atom is 0.313 e. The van der Waals surface area contributed by atoms with Gasteiger partial charge in [-0.15, -0.1) is 5.10 Å². The van der Waals surface area contributed by atoms with E-state index in [0.717, 1.165) is 5.52 Å². The summed E-state index contributed by atoms with van der Waals surface area (Å²) >= 11 is 0. The van der Waals surface area contributed by atoms with Gasteiger partial charge in [0.05, 0.1) is 22.3 Å². The van der Waals surface area contributed by atoms with E-state index < -0.39 is 0 Å². The molecule has 27 heavy (non-hydrogen) atoms. The minimum absolute atomic E-state index is 0.00600. The number of rotatable bonds is 3. The Labute approximate surface area is 150 Å². The number of nitrogens with zero attached hydrogens (tertiary/aromatic N) is 4. The molecule has 0 spiro atoms. The van der Waals surface area contributed by atoms with E-state index in [1.807, 2.05) is 12.1 Å². The molecule has 0 unspecified atom stereocenters. The van der Waals surface area contributed by atoms with Crippen LogP contribution in [-0.2, 0) is 0 Å². The lowest BCUT2D eigenvalue weighted by Crippen LogP contribution is -2.04. The number of hydrogen-bond acceptors (Lipinski definition) is 7. The Morgan fingerprint density at radius 1 is 1.15 bits per heavy atom. The first-order valence-corrected chi connectivity index (χ1v) is 8.00. The third-order valence-corrected chi connectivity index (χ3v) is 4.17. The second-order valence-corrected chi connectivity index (χ2v) is 5.85. The molecule has 0 saturated carbocycles. The minimum atomic E-state index is -0.231. The number of benzene rings is 2. The van der Waals surface area contributed by atoms with Crippen LogP contribution in [0.3, 0.4) is 0 Å². The topological polar surface area (TPSA) is 155 Å². The van der Waals surface area contributed by atoms with E-state index in [2.05, 4.69) is 35.6 Å². The molecule has 0 bridgehead atoms. The summed E-state index contributed by atoms with van der Waals surface area (Å²) in [5, 5.41) is 18.0. The summed E-state index contributed by atoms with van der Waals surface area (Å²) in [5.74, 6) is 0.301. The molecular weight excluding hydrogens is 348 g/mol. The number of H-pyrrole nitrogens is 3. The molecule has 0 aliphatic heterocycles. The third-order valence-electron chi connectivity index (χ3n) is 4.17. The third kappa shape index (κ3) is 2.47. The van der Waals surface area contributed by atoms with Crippen LogP contribution >= 0.6 is 0 Å². The van der Waals surface area contributed by atoms with Crippen LogP contribution in [-0.4, -0.2) is 36.8 Å². The Morgan fingerprint density at radius 2 is 2.04 bits per heavy atom. The van der Waals surface area contributed by atoms with Gasteiger partial charge in [0.1, 0.15) is 5.52 Å². The van der Waals surface area contributed by atoms with Gasteiger partial charge in [0.15, 0.2) is 0 Å². The Morgan fingerprint density at radius 3 is 2.89 bits per heavy atom. The number of aliphatic imine (C=N–C) groups is 1. The predicted octanol–water partition coefficient (Wildman–Crippen LogP) is 2.12. The van der Waals surface area contributed by atoms with Crippen molar-refractivity contribution in [2.45, 2.75) is 0 Å². The summed E-state index contributed by atoms with van der Waals surface area (Å²) in [5.41, 5.74) is 9.14. The van der Waals surface area contributed by atoms with E-state index in [1.54, 1.807) is 24.3 Å². The van der Waals surface area contributed by atoms with Gasteiger partial charge in [-0.3, -0.25) is 14.9 Å². The molecule has 2 aromatic carbocycles. The van der Waals surface area contributed by atoms with Crippen molar-refractivity contribution in [3.63, 3.8) is 0 Å². The molecule has 132 valence electrons. The average Bonchev–Trinajstić information content (AvgIpc) is 3.38. The van der Waals surface area contributed by atoms with E-state index in [0.29, 0.717) is 39.1 Å². The molecule has 3 heterocycles. The fourth-order valence-corrected chi connectivity index (χ4v) is 2.96. The Hall–Kier alpha value is -4.21. The highest BCUT2D eigenvalue weighted by Crippen LogP contribution is 2.25. The van der Waals surface area contributed by atoms with E-state index in [-0.39, 0.29) is 11.6 Å².